The number of hydrogen-bond acceptors (Lipinski definition) is 3. The third kappa shape index (κ3) is 5.09. The van der Waals surface area contributed by atoms with E-state index in [1.165, 1.54) is 0 Å². The molecule has 0 radical (unpaired) electrons. The minimum absolute atomic E-state index is 0.345. The predicted octanol–water partition coefficient (Wildman–Crippen LogP) is 3.08. The highest BCUT2D eigenvalue weighted by Crippen LogP contribution is 2.26. The van der Waals surface area contributed by atoms with Crippen LogP contribution >= 0.6 is 0 Å². The second-order valence-corrected chi connectivity index (χ2v) is 5.27. The first-order chi connectivity index (χ1) is 9.10. The zero-order valence-electron chi connectivity index (χ0n) is 11.7. The predicted molar refractivity (Wildman–Crippen MR) is 72.1 cm³/mol. The van der Waals surface area contributed by atoms with E-state index in [-0.39, 0.29) is 0 Å². The fraction of sp³-hybridized carbons (Fsp3) is 0.857. The molecule has 1 fully saturated rings. The Morgan fingerprint density at radius 1 is 1.16 bits per heavy atom. The van der Waals surface area contributed by atoms with Gasteiger partial charge in [-0.25, -0.2) is 9.59 Å². The molecule has 0 aromatic heterocycles. The lowest BCUT2D eigenvalue weighted by Crippen LogP contribution is -2.55. The first kappa shape index (κ1) is 15.8. The molecular formula is C14H25NO4. The van der Waals surface area contributed by atoms with Crippen molar-refractivity contribution in [3.8, 4) is 0 Å². The summed E-state index contributed by atoms with van der Waals surface area (Å²) in [6, 6.07) is 0. The number of amides is 1. The van der Waals surface area contributed by atoms with E-state index in [1.54, 1.807) is 0 Å². The van der Waals surface area contributed by atoms with E-state index >= 15 is 0 Å². The summed E-state index contributed by atoms with van der Waals surface area (Å²) in [5.41, 5.74) is -1.14. The maximum Gasteiger partial charge on any atom is 0.408 e. The summed E-state index contributed by atoms with van der Waals surface area (Å²) in [6.07, 6.45) is 7.00. The molecule has 0 saturated heterocycles. The van der Waals surface area contributed by atoms with Crippen LogP contribution in [0.25, 0.3) is 0 Å². The van der Waals surface area contributed by atoms with Gasteiger partial charge in [-0.1, -0.05) is 45.4 Å². The molecule has 5 heteroatoms. The van der Waals surface area contributed by atoms with Gasteiger partial charge in [-0.05, 0) is 19.3 Å². The number of carboxylic acids is 1. The van der Waals surface area contributed by atoms with Crippen LogP contribution < -0.4 is 5.32 Å². The van der Waals surface area contributed by atoms with Crippen LogP contribution in [0, 0.1) is 0 Å². The first-order valence-electron chi connectivity index (χ1n) is 7.29. The van der Waals surface area contributed by atoms with Crippen LogP contribution in [0.3, 0.4) is 0 Å². The van der Waals surface area contributed by atoms with Crippen LogP contribution in [-0.4, -0.2) is 29.3 Å². The van der Waals surface area contributed by atoms with Gasteiger partial charge in [0.25, 0.3) is 0 Å². The van der Waals surface area contributed by atoms with Crippen molar-refractivity contribution >= 4 is 12.1 Å². The summed E-state index contributed by atoms with van der Waals surface area (Å²) >= 11 is 0. The highest BCUT2D eigenvalue weighted by molar-refractivity contribution is 5.84. The number of hydrogen-bond donors (Lipinski definition) is 2. The van der Waals surface area contributed by atoms with Crippen LogP contribution in [0.4, 0.5) is 4.79 Å². The highest BCUT2D eigenvalue weighted by atomic mass is 16.5. The van der Waals surface area contributed by atoms with Crippen molar-refractivity contribution < 1.29 is 19.4 Å². The van der Waals surface area contributed by atoms with Gasteiger partial charge in [-0.2, -0.15) is 0 Å². The van der Waals surface area contributed by atoms with Crippen LogP contribution in [-0.2, 0) is 9.53 Å². The van der Waals surface area contributed by atoms with Gasteiger partial charge >= 0.3 is 12.1 Å². The average Bonchev–Trinajstić information content (AvgIpc) is 2.32. The fourth-order valence-electron chi connectivity index (χ4n) is 2.44. The summed E-state index contributed by atoms with van der Waals surface area (Å²) in [6.45, 7) is 2.35. The van der Waals surface area contributed by atoms with Crippen molar-refractivity contribution in [2.24, 2.45) is 0 Å². The Bertz CT molecular complexity index is 296. The van der Waals surface area contributed by atoms with E-state index in [9.17, 15) is 14.7 Å². The summed E-state index contributed by atoms with van der Waals surface area (Å²) in [5, 5.41) is 12.1. The van der Waals surface area contributed by atoms with E-state index in [1.807, 2.05) is 6.92 Å². The molecule has 0 heterocycles. The van der Waals surface area contributed by atoms with E-state index < -0.39 is 17.6 Å². The van der Waals surface area contributed by atoms with Gasteiger partial charge in [0.2, 0.25) is 0 Å². The molecule has 0 aliphatic heterocycles. The molecule has 1 amide bonds. The number of unbranched alkanes of at least 4 members (excludes halogenated alkanes) is 1. The molecule has 5 nitrogen and oxygen atoms in total. The zero-order chi connectivity index (χ0) is 14.1. The molecule has 0 aromatic rings. The number of carbonyl (C=O) groups is 2. The third-order valence-electron chi connectivity index (χ3n) is 3.69. The topological polar surface area (TPSA) is 75.6 Å². The Hall–Kier alpha value is -1.26. The standard InChI is InChI=1S/C14H25NO4/c1-2-3-11-19-13(18)15-14(12(16)17)9-7-5-4-6-8-10-14/h2-11H2,1H3,(H,15,18)(H,16,17). The van der Waals surface area contributed by atoms with Crippen molar-refractivity contribution in [3.05, 3.63) is 0 Å². The molecule has 1 aliphatic rings. The lowest BCUT2D eigenvalue weighted by Gasteiger charge is -2.31. The molecule has 2 N–H and O–H groups in total. The van der Waals surface area contributed by atoms with Crippen LogP contribution in [0.15, 0.2) is 0 Å². The molecule has 1 rings (SSSR count). The molecule has 0 spiro atoms. The lowest BCUT2D eigenvalue weighted by atomic mass is 9.84. The van der Waals surface area contributed by atoms with Crippen molar-refractivity contribution in [1.29, 1.82) is 0 Å². The van der Waals surface area contributed by atoms with E-state index in [2.05, 4.69) is 5.32 Å². The average molecular weight is 271 g/mol. The maximum atomic E-state index is 11.7. The summed E-state index contributed by atoms with van der Waals surface area (Å²) in [4.78, 5) is 23.2. The maximum absolute atomic E-state index is 11.7. The van der Waals surface area contributed by atoms with E-state index in [0.717, 1.165) is 44.9 Å². The van der Waals surface area contributed by atoms with Crippen LogP contribution in [0.2, 0.25) is 0 Å². The second-order valence-electron chi connectivity index (χ2n) is 5.27. The molecule has 0 unspecified atom stereocenters. The molecular weight excluding hydrogens is 246 g/mol. The van der Waals surface area contributed by atoms with Gasteiger partial charge in [0.05, 0.1) is 6.61 Å². The molecule has 110 valence electrons. The van der Waals surface area contributed by atoms with Gasteiger partial charge in [0.1, 0.15) is 5.54 Å². The highest BCUT2D eigenvalue weighted by Gasteiger charge is 2.40. The Balaban J connectivity index is 2.58. The van der Waals surface area contributed by atoms with Gasteiger partial charge in [-0.3, -0.25) is 0 Å². The van der Waals surface area contributed by atoms with Gasteiger partial charge in [0, 0.05) is 0 Å². The summed E-state index contributed by atoms with van der Waals surface area (Å²) in [5.74, 6) is -0.943. The molecule has 19 heavy (non-hydrogen) atoms. The fourth-order valence-corrected chi connectivity index (χ4v) is 2.44. The second kappa shape index (κ2) is 8.02. The molecule has 1 aliphatic carbocycles. The Morgan fingerprint density at radius 3 is 2.26 bits per heavy atom. The largest absolute Gasteiger partial charge is 0.480 e. The molecule has 1 saturated carbocycles. The normalized spacial score (nSPS) is 19.0. The smallest absolute Gasteiger partial charge is 0.408 e. The summed E-state index contributed by atoms with van der Waals surface area (Å²) in [7, 11) is 0. The molecule has 0 aromatic carbocycles. The monoisotopic (exact) mass is 271 g/mol. The number of rotatable bonds is 5. The zero-order valence-corrected chi connectivity index (χ0v) is 11.7. The minimum atomic E-state index is -1.14. The van der Waals surface area contributed by atoms with Crippen LogP contribution in [0.5, 0.6) is 0 Å². The summed E-state index contributed by atoms with van der Waals surface area (Å²) < 4.78 is 5.02. The van der Waals surface area contributed by atoms with E-state index in [0.29, 0.717) is 19.4 Å². The Kier molecular flexibility index (Phi) is 6.67. The molecule has 0 bridgehead atoms. The number of aliphatic carboxylic acids is 1. The first-order valence-corrected chi connectivity index (χ1v) is 7.29. The van der Waals surface area contributed by atoms with Gasteiger partial charge in [0.15, 0.2) is 0 Å². The number of carboxylic acid groups (broad SMARTS) is 1. The SMILES string of the molecule is CCCCOC(=O)NC1(C(=O)O)CCCCCCC1. The Labute approximate surface area is 114 Å². The van der Waals surface area contributed by atoms with Crippen molar-refractivity contribution in [2.45, 2.75) is 70.3 Å². The van der Waals surface area contributed by atoms with Gasteiger partial charge < -0.3 is 15.2 Å². The minimum Gasteiger partial charge on any atom is -0.480 e. The quantitative estimate of drug-likeness (QED) is 0.753. The number of carbonyl (C=O) groups excluding carboxylic acids is 1. The molecule has 0 atom stereocenters. The number of alkyl carbamates (subject to hydrolysis) is 1. The van der Waals surface area contributed by atoms with Crippen molar-refractivity contribution in [3.63, 3.8) is 0 Å². The Morgan fingerprint density at radius 2 is 1.74 bits per heavy atom. The third-order valence-corrected chi connectivity index (χ3v) is 3.69. The number of nitrogens with one attached hydrogen (secondary N) is 1. The number of ether oxygens (including phenoxy) is 1. The van der Waals surface area contributed by atoms with Crippen LogP contribution in [0.1, 0.15) is 64.7 Å². The van der Waals surface area contributed by atoms with Crippen molar-refractivity contribution in [2.75, 3.05) is 6.61 Å². The van der Waals surface area contributed by atoms with E-state index in [4.69, 9.17) is 4.74 Å². The van der Waals surface area contributed by atoms with Gasteiger partial charge in [-0.15, -0.1) is 0 Å². The van der Waals surface area contributed by atoms with Crippen molar-refractivity contribution in [1.82, 2.24) is 5.32 Å². The lowest BCUT2D eigenvalue weighted by molar-refractivity contribution is -0.145.